The van der Waals surface area contributed by atoms with Gasteiger partial charge in [-0.15, -0.1) is 0 Å². The highest BCUT2D eigenvalue weighted by Crippen LogP contribution is 2.04. The van der Waals surface area contributed by atoms with Gasteiger partial charge in [0.05, 0.1) is 14.2 Å². The van der Waals surface area contributed by atoms with Crippen LogP contribution in [0.3, 0.4) is 0 Å². The third kappa shape index (κ3) is 16.9. The molecule has 0 aromatic rings. The smallest absolute Gasteiger partial charge is 0.321 e. The molecule has 0 radical (unpaired) electrons. The molecular weight excluding hydrogens is 384 g/mol. The van der Waals surface area contributed by atoms with Crippen molar-refractivity contribution in [3.63, 3.8) is 0 Å². The van der Waals surface area contributed by atoms with Gasteiger partial charge in [0.25, 0.3) is 0 Å². The van der Waals surface area contributed by atoms with Crippen LogP contribution in [0.2, 0.25) is 12.1 Å². The van der Waals surface area contributed by atoms with Crippen LogP contribution >= 0.6 is 24.4 Å². The molecule has 0 heterocycles. The minimum atomic E-state index is -1.47. The van der Waals surface area contributed by atoms with Gasteiger partial charge in [-0.25, -0.2) is 0 Å². The zero-order valence-electron chi connectivity index (χ0n) is 15.7. The van der Waals surface area contributed by atoms with E-state index >= 15 is 0 Å². The van der Waals surface area contributed by atoms with Crippen molar-refractivity contribution in [3.8, 4) is 0 Å². The molecule has 0 saturated heterocycles. The highest BCUT2D eigenvalue weighted by Gasteiger charge is 2.13. The van der Waals surface area contributed by atoms with E-state index in [0.29, 0.717) is 10.1 Å². The van der Waals surface area contributed by atoms with E-state index in [1.165, 1.54) is 0 Å². The molecule has 0 aliphatic heterocycles. The second-order valence-corrected chi connectivity index (χ2v) is 9.86. The zero-order chi connectivity index (χ0) is 18.8. The molecule has 0 fully saturated rings. The Kier molecular flexibility index (Phi) is 21.2. The van der Waals surface area contributed by atoms with Gasteiger partial charge >= 0.3 is 18.6 Å². The summed E-state index contributed by atoms with van der Waals surface area (Å²) in [5, 5.41) is 1.26. The molecule has 0 spiro atoms. The Morgan fingerprint density at radius 1 is 0.708 bits per heavy atom. The summed E-state index contributed by atoms with van der Waals surface area (Å²) in [7, 11) is 3.60. The van der Waals surface area contributed by atoms with Crippen molar-refractivity contribution in [1.29, 1.82) is 0 Å². The molecule has 0 rings (SSSR count). The van der Waals surface area contributed by atoms with Gasteiger partial charge in [0, 0.05) is 40.3 Å². The van der Waals surface area contributed by atoms with Gasteiger partial charge in [-0.05, 0) is 50.4 Å². The molecule has 6 nitrogen and oxygen atoms in total. The van der Waals surface area contributed by atoms with Crippen molar-refractivity contribution in [2.45, 2.75) is 38.8 Å². The summed E-state index contributed by atoms with van der Waals surface area (Å²) in [6.45, 7) is 5.40. The van der Waals surface area contributed by atoms with E-state index in [-0.39, 0.29) is 0 Å². The van der Waals surface area contributed by atoms with Crippen molar-refractivity contribution < 1.29 is 27.2 Å². The molecule has 0 N–H and O–H groups in total. The van der Waals surface area contributed by atoms with Crippen LogP contribution in [0.1, 0.15) is 26.7 Å². The summed E-state index contributed by atoms with van der Waals surface area (Å²) < 4.78 is 30.9. The van der Waals surface area contributed by atoms with Gasteiger partial charge in [0.2, 0.25) is 0 Å². The Balaban J connectivity index is 0. The van der Waals surface area contributed by atoms with Crippen molar-refractivity contribution in [2.24, 2.45) is 0 Å². The first-order valence-electron chi connectivity index (χ1n) is 7.91. The van der Waals surface area contributed by atoms with E-state index in [1.54, 1.807) is 28.4 Å². The molecule has 0 atom stereocenters. The molecule has 144 valence electrons. The molecule has 0 bridgehead atoms. The molecule has 0 unspecified atom stereocenters. The van der Waals surface area contributed by atoms with E-state index in [1.807, 2.05) is 13.8 Å². The number of methoxy groups -OCH3 is 2. The average Bonchev–Trinajstić information content (AvgIpc) is 2.60. The molecule has 0 aliphatic rings. The number of rotatable bonds is 12. The first kappa shape index (κ1) is 26.3. The monoisotopic (exact) mass is 416 g/mol. The molecule has 0 saturated carbocycles. The van der Waals surface area contributed by atoms with E-state index in [4.69, 9.17) is 51.6 Å². The number of thiocarbonyl (C=S) groups is 2. The highest BCUT2D eigenvalue weighted by molar-refractivity contribution is 7.80. The molecule has 10 heteroatoms. The van der Waals surface area contributed by atoms with Gasteiger partial charge in [0.1, 0.15) is 0 Å². The van der Waals surface area contributed by atoms with E-state index < -0.39 is 18.6 Å². The van der Waals surface area contributed by atoms with Crippen LogP contribution < -0.4 is 0 Å². The fraction of sp³-hybridized carbons (Fsp3) is 0.857. The molecule has 24 heavy (non-hydrogen) atoms. The summed E-state index contributed by atoms with van der Waals surface area (Å²) in [5.74, 6) is 0. The van der Waals surface area contributed by atoms with E-state index in [9.17, 15) is 0 Å². The van der Waals surface area contributed by atoms with E-state index in [0.717, 1.165) is 38.1 Å². The third-order valence-corrected chi connectivity index (χ3v) is 7.58. The molecule has 0 aliphatic carbocycles. The lowest BCUT2D eigenvalue weighted by Crippen LogP contribution is -2.23. The largest absolute Gasteiger partial charge is 0.490 e. The second-order valence-electron chi connectivity index (χ2n) is 4.47. The average molecular weight is 417 g/mol. The zero-order valence-corrected chi connectivity index (χ0v) is 19.6. The molecule has 0 amide bonds. The Bertz CT molecular complexity index is 314. The predicted octanol–water partition coefficient (Wildman–Crippen LogP) is 2.51. The molecular formula is C14H32O6S2Si2. The lowest BCUT2D eigenvalue weighted by Gasteiger charge is -2.14. The van der Waals surface area contributed by atoms with Crippen molar-refractivity contribution in [1.82, 2.24) is 0 Å². The SMILES string of the molecule is CCO[SiH](CCC(=S)OC)OCC.COC(=S)CC[SiH](OC)OC. The summed E-state index contributed by atoms with van der Waals surface area (Å²) in [5.41, 5.74) is 0. The van der Waals surface area contributed by atoms with Crippen LogP contribution in [-0.2, 0) is 27.2 Å². The van der Waals surface area contributed by atoms with Crippen molar-refractivity contribution in [2.75, 3.05) is 41.7 Å². The fourth-order valence-electron chi connectivity index (χ4n) is 1.59. The number of hydrogen-bond acceptors (Lipinski definition) is 8. The van der Waals surface area contributed by atoms with Gasteiger partial charge in [0.15, 0.2) is 10.1 Å². The molecule has 0 aromatic heterocycles. The second kappa shape index (κ2) is 19.4. The van der Waals surface area contributed by atoms with Gasteiger partial charge < -0.3 is 27.2 Å². The van der Waals surface area contributed by atoms with Crippen molar-refractivity contribution >= 4 is 53.1 Å². The van der Waals surface area contributed by atoms with Gasteiger partial charge in [-0.3, -0.25) is 0 Å². The summed E-state index contributed by atoms with van der Waals surface area (Å²) in [6.07, 6.45) is 1.52. The van der Waals surface area contributed by atoms with E-state index in [2.05, 4.69) is 0 Å². The minimum Gasteiger partial charge on any atom is -0.490 e. The van der Waals surface area contributed by atoms with Crippen LogP contribution in [0.4, 0.5) is 0 Å². The third-order valence-electron chi connectivity index (χ3n) is 2.85. The maximum Gasteiger partial charge on any atom is 0.321 e. The highest BCUT2D eigenvalue weighted by atomic mass is 32.1. The first-order chi connectivity index (χ1) is 11.5. The first-order valence-corrected chi connectivity index (χ1v) is 12.2. The Morgan fingerprint density at radius 3 is 1.38 bits per heavy atom. The number of ether oxygens (including phenoxy) is 2. The number of hydrogen-bond donors (Lipinski definition) is 0. The summed E-state index contributed by atoms with van der Waals surface area (Å²) in [6, 6.07) is 1.77. The molecule has 0 aromatic carbocycles. The lowest BCUT2D eigenvalue weighted by molar-refractivity contribution is 0.213. The van der Waals surface area contributed by atoms with Crippen LogP contribution in [0.25, 0.3) is 0 Å². The van der Waals surface area contributed by atoms with Gasteiger partial charge in [-0.1, -0.05) is 0 Å². The Morgan fingerprint density at radius 2 is 1.08 bits per heavy atom. The van der Waals surface area contributed by atoms with Crippen LogP contribution in [0, 0.1) is 0 Å². The summed E-state index contributed by atoms with van der Waals surface area (Å²) in [4.78, 5) is 0. The standard InChI is InChI=1S/C8H18O3SSi.C6H14O3SSi/c1-4-10-13(11-5-2)7-6-8(12)9-3;1-7-6(10)4-5-11(8-2)9-3/h13H,4-7H2,1-3H3;11H,4-5H2,1-3H3. The maximum atomic E-state index is 5.48. The van der Waals surface area contributed by atoms with Crippen LogP contribution in [0.5, 0.6) is 0 Å². The normalized spacial score (nSPS) is 10.3. The Hall–Kier alpha value is 0.0538. The lowest BCUT2D eigenvalue weighted by atomic mass is 10.5. The topological polar surface area (TPSA) is 55.4 Å². The Labute approximate surface area is 160 Å². The fourth-order valence-corrected chi connectivity index (χ4v) is 5.08. The minimum absolute atomic E-state index is 0.622. The maximum absolute atomic E-state index is 5.48. The van der Waals surface area contributed by atoms with Crippen LogP contribution in [-0.4, -0.2) is 70.3 Å². The van der Waals surface area contributed by atoms with Crippen molar-refractivity contribution in [3.05, 3.63) is 0 Å². The van der Waals surface area contributed by atoms with Gasteiger partial charge in [-0.2, -0.15) is 0 Å². The quantitative estimate of drug-likeness (QED) is 0.355. The van der Waals surface area contributed by atoms with Crippen LogP contribution in [0.15, 0.2) is 0 Å². The summed E-state index contributed by atoms with van der Waals surface area (Å²) >= 11 is 9.79. The predicted molar refractivity (Wildman–Crippen MR) is 110 cm³/mol.